The number of carbonyl (C=O) groups is 1. The molecule has 0 N–H and O–H groups in total. The summed E-state index contributed by atoms with van der Waals surface area (Å²) in [5, 5.41) is 0. The van der Waals surface area contributed by atoms with E-state index in [1.165, 1.54) is 6.42 Å². The second-order valence-electron chi connectivity index (χ2n) is 9.05. The van der Waals surface area contributed by atoms with Crippen LogP contribution in [0.1, 0.15) is 73.6 Å². The number of nitrogens with zero attached hydrogens (tertiary/aromatic N) is 1. The molecular formula is C19H35NO3. The highest BCUT2D eigenvalue weighted by Gasteiger charge is 2.42. The van der Waals surface area contributed by atoms with E-state index in [-0.39, 0.29) is 11.7 Å². The van der Waals surface area contributed by atoms with Crippen molar-refractivity contribution >= 4 is 6.09 Å². The normalized spacial score (nSPS) is 31.9. The third-order valence-electron chi connectivity index (χ3n) is 5.05. The zero-order valence-electron chi connectivity index (χ0n) is 15.9. The molecule has 2 aliphatic heterocycles. The van der Waals surface area contributed by atoms with Gasteiger partial charge in [-0.25, -0.2) is 4.79 Å². The van der Waals surface area contributed by atoms with Crippen LogP contribution in [0.15, 0.2) is 0 Å². The monoisotopic (exact) mass is 325 g/mol. The van der Waals surface area contributed by atoms with Gasteiger partial charge < -0.3 is 14.4 Å². The smallest absolute Gasteiger partial charge is 0.410 e. The van der Waals surface area contributed by atoms with E-state index in [1.54, 1.807) is 0 Å². The molecule has 0 spiro atoms. The highest BCUT2D eigenvalue weighted by Crippen LogP contribution is 2.39. The molecule has 0 aliphatic carbocycles. The van der Waals surface area contributed by atoms with Crippen LogP contribution in [0.25, 0.3) is 0 Å². The van der Waals surface area contributed by atoms with E-state index in [0.29, 0.717) is 12.0 Å². The van der Waals surface area contributed by atoms with E-state index >= 15 is 0 Å². The fourth-order valence-corrected chi connectivity index (χ4v) is 3.63. The SMILES string of the molecule is CC(C)CC[C@@]1(C)CC[C@H]2CN(C(=O)OC(C)(C)C)CC[C@H]2O1. The van der Waals surface area contributed by atoms with Gasteiger partial charge in [0, 0.05) is 19.0 Å². The van der Waals surface area contributed by atoms with E-state index in [1.807, 2.05) is 25.7 Å². The topological polar surface area (TPSA) is 38.8 Å². The van der Waals surface area contributed by atoms with Gasteiger partial charge in [0.25, 0.3) is 0 Å². The first kappa shape index (κ1) is 18.6. The second kappa shape index (κ2) is 7.00. The molecule has 2 saturated heterocycles. The highest BCUT2D eigenvalue weighted by atomic mass is 16.6. The van der Waals surface area contributed by atoms with Crippen molar-refractivity contribution in [3.05, 3.63) is 0 Å². The first-order chi connectivity index (χ1) is 10.6. The summed E-state index contributed by atoms with van der Waals surface area (Å²) in [5.41, 5.74) is -0.397. The van der Waals surface area contributed by atoms with Crippen molar-refractivity contribution in [3.8, 4) is 0 Å². The van der Waals surface area contributed by atoms with Crippen molar-refractivity contribution in [2.75, 3.05) is 13.1 Å². The van der Waals surface area contributed by atoms with Gasteiger partial charge in [-0.15, -0.1) is 0 Å². The van der Waals surface area contributed by atoms with Crippen molar-refractivity contribution < 1.29 is 14.3 Å². The largest absolute Gasteiger partial charge is 0.444 e. The first-order valence-electron chi connectivity index (χ1n) is 9.24. The zero-order chi connectivity index (χ0) is 17.3. The maximum Gasteiger partial charge on any atom is 0.410 e. The minimum atomic E-state index is -0.424. The van der Waals surface area contributed by atoms with Crippen molar-refractivity contribution in [2.24, 2.45) is 11.8 Å². The maximum atomic E-state index is 12.3. The predicted molar refractivity (Wildman–Crippen MR) is 92.5 cm³/mol. The van der Waals surface area contributed by atoms with Crippen LogP contribution in [-0.2, 0) is 9.47 Å². The zero-order valence-corrected chi connectivity index (χ0v) is 15.9. The molecule has 23 heavy (non-hydrogen) atoms. The Morgan fingerprint density at radius 1 is 1.35 bits per heavy atom. The van der Waals surface area contributed by atoms with Gasteiger partial charge in [0.1, 0.15) is 5.60 Å². The standard InChI is InChI=1S/C19H35NO3/c1-14(2)7-10-19(6)11-8-15-13-20(12-9-16(15)22-19)17(21)23-18(3,4)5/h14-16H,7-13H2,1-6H3/t15-,16+,19-/m0/s1. The molecule has 0 saturated carbocycles. The molecule has 4 heteroatoms. The Hall–Kier alpha value is -0.770. The molecular weight excluding hydrogens is 290 g/mol. The van der Waals surface area contributed by atoms with Crippen LogP contribution in [-0.4, -0.2) is 41.4 Å². The number of amides is 1. The summed E-state index contributed by atoms with van der Waals surface area (Å²) < 4.78 is 12.0. The summed E-state index contributed by atoms with van der Waals surface area (Å²) >= 11 is 0. The average Bonchev–Trinajstić information content (AvgIpc) is 2.43. The third kappa shape index (κ3) is 5.37. The van der Waals surface area contributed by atoms with E-state index in [9.17, 15) is 4.79 Å². The molecule has 134 valence electrons. The summed E-state index contributed by atoms with van der Waals surface area (Å²) in [7, 11) is 0. The maximum absolute atomic E-state index is 12.3. The molecule has 0 unspecified atom stereocenters. The quantitative estimate of drug-likeness (QED) is 0.760. The molecule has 0 radical (unpaired) electrons. The second-order valence-corrected chi connectivity index (χ2v) is 9.05. The van der Waals surface area contributed by atoms with Gasteiger partial charge in [0.05, 0.1) is 11.7 Å². The van der Waals surface area contributed by atoms with Crippen LogP contribution in [0.2, 0.25) is 0 Å². The van der Waals surface area contributed by atoms with Gasteiger partial charge in [-0.3, -0.25) is 0 Å². The van der Waals surface area contributed by atoms with E-state index < -0.39 is 5.60 Å². The lowest BCUT2D eigenvalue weighted by Crippen LogP contribution is -2.53. The number of likely N-dealkylation sites (tertiary alicyclic amines) is 1. The van der Waals surface area contributed by atoms with E-state index in [4.69, 9.17) is 9.47 Å². The van der Waals surface area contributed by atoms with Crippen LogP contribution < -0.4 is 0 Å². The predicted octanol–water partition coefficient (Wildman–Crippen LogP) is 4.62. The minimum Gasteiger partial charge on any atom is -0.444 e. The third-order valence-corrected chi connectivity index (χ3v) is 5.05. The van der Waals surface area contributed by atoms with Gasteiger partial charge in [0.15, 0.2) is 0 Å². The summed E-state index contributed by atoms with van der Waals surface area (Å²) in [5.74, 6) is 1.19. The van der Waals surface area contributed by atoms with Gasteiger partial charge in [-0.1, -0.05) is 13.8 Å². The Kier molecular flexibility index (Phi) is 5.65. The summed E-state index contributed by atoms with van der Waals surface area (Å²) in [6, 6.07) is 0. The lowest BCUT2D eigenvalue weighted by molar-refractivity contribution is -0.166. The number of hydrogen-bond acceptors (Lipinski definition) is 3. The van der Waals surface area contributed by atoms with Gasteiger partial charge in [-0.05, 0) is 65.7 Å². The first-order valence-corrected chi connectivity index (χ1v) is 9.24. The molecule has 0 aromatic carbocycles. The number of hydrogen-bond donors (Lipinski definition) is 0. The molecule has 1 amide bonds. The summed E-state index contributed by atoms with van der Waals surface area (Å²) in [6.07, 6.45) is 5.67. The molecule has 4 nitrogen and oxygen atoms in total. The number of rotatable bonds is 3. The molecule has 0 aromatic rings. The Labute approximate surface area is 141 Å². The Morgan fingerprint density at radius 3 is 2.65 bits per heavy atom. The van der Waals surface area contributed by atoms with Crippen molar-refractivity contribution in [3.63, 3.8) is 0 Å². The van der Waals surface area contributed by atoms with Crippen LogP contribution >= 0.6 is 0 Å². The fraction of sp³-hybridized carbons (Fsp3) is 0.947. The lowest BCUT2D eigenvalue weighted by Gasteiger charge is -2.48. The van der Waals surface area contributed by atoms with E-state index in [2.05, 4.69) is 20.8 Å². The van der Waals surface area contributed by atoms with Gasteiger partial charge in [0.2, 0.25) is 0 Å². The number of fused-ring (bicyclic) bond motifs is 1. The minimum absolute atomic E-state index is 0.0273. The number of piperidine rings is 1. The van der Waals surface area contributed by atoms with Crippen molar-refractivity contribution in [2.45, 2.75) is 91.0 Å². The van der Waals surface area contributed by atoms with E-state index in [0.717, 1.165) is 44.7 Å². The number of carbonyl (C=O) groups excluding carboxylic acids is 1. The van der Waals surface area contributed by atoms with Crippen molar-refractivity contribution in [1.29, 1.82) is 0 Å². The highest BCUT2D eigenvalue weighted by molar-refractivity contribution is 5.68. The molecule has 0 bridgehead atoms. The fourth-order valence-electron chi connectivity index (χ4n) is 3.63. The Morgan fingerprint density at radius 2 is 2.04 bits per heavy atom. The summed E-state index contributed by atoms with van der Waals surface area (Å²) in [4.78, 5) is 14.1. The molecule has 2 aliphatic rings. The summed E-state index contributed by atoms with van der Waals surface area (Å²) in [6.45, 7) is 14.1. The van der Waals surface area contributed by atoms with Crippen LogP contribution in [0, 0.1) is 11.8 Å². The van der Waals surface area contributed by atoms with Crippen molar-refractivity contribution in [1.82, 2.24) is 4.90 Å². The molecule has 0 aromatic heterocycles. The van der Waals surface area contributed by atoms with Crippen LogP contribution in [0.4, 0.5) is 4.79 Å². The average molecular weight is 325 g/mol. The molecule has 2 heterocycles. The number of ether oxygens (including phenoxy) is 2. The Balaban J connectivity index is 1.87. The molecule has 2 fully saturated rings. The Bertz CT molecular complexity index is 415. The van der Waals surface area contributed by atoms with Crippen LogP contribution in [0.3, 0.4) is 0 Å². The lowest BCUT2D eigenvalue weighted by atomic mass is 9.80. The van der Waals surface area contributed by atoms with Gasteiger partial charge in [-0.2, -0.15) is 0 Å². The molecule has 3 atom stereocenters. The van der Waals surface area contributed by atoms with Gasteiger partial charge >= 0.3 is 6.09 Å². The van der Waals surface area contributed by atoms with Crippen LogP contribution in [0.5, 0.6) is 0 Å². The molecule has 2 rings (SSSR count).